The Labute approximate surface area is 182 Å². The van der Waals surface area contributed by atoms with E-state index in [0.29, 0.717) is 34.9 Å². The van der Waals surface area contributed by atoms with Crippen molar-refractivity contribution in [2.75, 3.05) is 18.4 Å². The summed E-state index contributed by atoms with van der Waals surface area (Å²) in [6.07, 6.45) is 0.160. The van der Waals surface area contributed by atoms with Crippen LogP contribution < -0.4 is 11.1 Å². The smallest absolute Gasteiger partial charge is 0.265 e. The van der Waals surface area contributed by atoms with Gasteiger partial charge in [0, 0.05) is 30.8 Å². The molecule has 0 atom stereocenters. The Hall–Kier alpha value is -3.04. The molecule has 3 amide bonds. The highest BCUT2D eigenvalue weighted by Gasteiger charge is 2.22. The lowest BCUT2D eigenvalue weighted by molar-refractivity contribution is -0.116. The molecular weight excluding hydrogens is 420 g/mol. The number of carbonyl (C=O) groups excluding carboxylic acids is 3. The standard InChI is InChI=1S/C21H22N4O3S2/c1-3-25(11-10-17(26)24-15-8-6-14(7-9-15)19(22)27)21(28)18-13(2)23-20(30-18)16-5-4-12-29-16/h4-9,12H,3,10-11H2,1-2H3,(H2,22,27)(H,24,26). The molecule has 0 aliphatic heterocycles. The number of aromatic nitrogens is 1. The van der Waals surface area contributed by atoms with Crippen LogP contribution in [0.3, 0.4) is 0 Å². The Morgan fingerprint density at radius 3 is 2.50 bits per heavy atom. The predicted molar refractivity (Wildman–Crippen MR) is 120 cm³/mol. The number of primary amides is 1. The molecule has 3 aromatic rings. The summed E-state index contributed by atoms with van der Waals surface area (Å²) in [6.45, 7) is 4.50. The number of benzene rings is 1. The second-order valence-electron chi connectivity index (χ2n) is 6.54. The SMILES string of the molecule is CCN(CCC(=O)Nc1ccc(C(N)=O)cc1)C(=O)c1sc(-c2cccs2)nc1C. The number of nitrogens with zero attached hydrogens (tertiary/aromatic N) is 2. The van der Waals surface area contributed by atoms with Crippen molar-refractivity contribution < 1.29 is 14.4 Å². The average molecular weight is 443 g/mol. The van der Waals surface area contributed by atoms with Crippen LogP contribution >= 0.6 is 22.7 Å². The lowest BCUT2D eigenvalue weighted by Gasteiger charge is -2.20. The molecule has 156 valence electrons. The quantitative estimate of drug-likeness (QED) is 0.554. The Kier molecular flexibility index (Phi) is 6.96. The van der Waals surface area contributed by atoms with E-state index in [2.05, 4.69) is 10.3 Å². The fraction of sp³-hybridized carbons (Fsp3) is 0.238. The van der Waals surface area contributed by atoms with Crippen molar-refractivity contribution in [3.63, 3.8) is 0 Å². The fourth-order valence-corrected chi connectivity index (χ4v) is 4.66. The second kappa shape index (κ2) is 9.64. The number of nitrogens with one attached hydrogen (secondary N) is 1. The van der Waals surface area contributed by atoms with Gasteiger partial charge in [-0.15, -0.1) is 22.7 Å². The van der Waals surface area contributed by atoms with Crippen molar-refractivity contribution in [2.24, 2.45) is 5.73 Å². The van der Waals surface area contributed by atoms with Crippen molar-refractivity contribution in [1.82, 2.24) is 9.88 Å². The molecule has 7 nitrogen and oxygen atoms in total. The zero-order valence-electron chi connectivity index (χ0n) is 16.7. The molecule has 0 saturated carbocycles. The molecule has 0 unspecified atom stereocenters. The van der Waals surface area contributed by atoms with E-state index in [-0.39, 0.29) is 18.2 Å². The Bertz CT molecular complexity index is 1040. The number of aryl methyl sites for hydroxylation is 1. The number of thiazole rings is 1. The van der Waals surface area contributed by atoms with Crippen LogP contribution in [0.25, 0.3) is 9.88 Å². The first kappa shape index (κ1) is 21.7. The highest BCUT2D eigenvalue weighted by Crippen LogP contribution is 2.31. The van der Waals surface area contributed by atoms with Gasteiger partial charge in [0.2, 0.25) is 11.8 Å². The first-order chi connectivity index (χ1) is 14.4. The number of nitrogens with two attached hydrogens (primary N) is 1. The topological polar surface area (TPSA) is 105 Å². The van der Waals surface area contributed by atoms with Crippen LogP contribution in [0.5, 0.6) is 0 Å². The molecule has 1 aromatic carbocycles. The van der Waals surface area contributed by atoms with E-state index in [9.17, 15) is 14.4 Å². The summed E-state index contributed by atoms with van der Waals surface area (Å²) in [5, 5.41) is 5.57. The van der Waals surface area contributed by atoms with Gasteiger partial charge in [0.05, 0.1) is 10.6 Å². The largest absolute Gasteiger partial charge is 0.366 e. The third kappa shape index (κ3) is 5.11. The first-order valence-electron chi connectivity index (χ1n) is 9.39. The summed E-state index contributed by atoms with van der Waals surface area (Å²) < 4.78 is 0. The summed E-state index contributed by atoms with van der Waals surface area (Å²) >= 11 is 2.97. The molecule has 0 radical (unpaired) electrons. The van der Waals surface area contributed by atoms with Gasteiger partial charge in [0.15, 0.2) is 0 Å². The van der Waals surface area contributed by atoms with Crippen LogP contribution in [0.1, 0.15) is 39.1 Å². The normalized spacial score (nSPS) is 10.6. The Morgan fingerprint density at radius 1 is 1.17 bits per heavy atom. The summed E-state index contributed by atoms with van der Waals surface area (Å²) in [5.74, 6) is -0.854. The van der Waals surface area contributed by atoms with E-state index in [1.807, 2.05) is 31.4 Å². The van der Waals surface area contributed by atoms with Gasteiger partial charge in [-0.2, -0.15) is 0 Å². The van der Waals surface area contributed by atoms with Crippen molar-refractivity contribution in [3.8, 4) is 9.88 Å². The number of amides is 3. The number of hydrogen-bond acceptors (Lipinski definition) is 6. The van der Waals surface area contributed by atoms with Crippen LogP contribution in [-0.2, 0) is 4.79 Å². The van der Waals surface area contributed by atoms with Crippen LogP contribution in [0, 0.1) is 6.92 Å². The monoisotopic (exact) mass is 442 g/mol. The maximum absolute atomic E-state index is 13.0. The summed E-state index contributed by atoms with van der Waals surface area (Å²) in [4.78, 5) is 44.2. The fourth-order valence-electron chi connectivity index (χ4n) is 2.83. The maximum atomic E-state index is 13.0. The lowest BCUT2D eigenvalue weighted by atomic mass is 10.2. The van der Waals surface area contributed by atoms with Gasteiger partial charge in [-0.1, -0.05) is 6.07 Å². The number of carbonyl (C=O) groups is 3. The number of thiophene rings is 1. The molecular formula is C21H22N4O3S2. The van der Waals surface area contributed by atoms with Crippen molar-refractivity contribution in [2.45, 2.75) is 20.3 Å². The predicted octanol–water partition coefficient (Wildman–Crippen LogP) is 3.77. The minimum atomic E-state index is -0.523. The third-order valence-electron chi connectivity index (χ3n) is 4.45. The van der Waals surface area contributed by atoms with Gasteiger partial charge in [-0.3, -0.25) is 14.4 Å². The molecule has 3 N–H and O–H groups in total. The molecule has 0 aliphatic carbocycles. The van der Waals surface area contributed by atoms with Crippen LogP contribution in [0.15, 0.2) is 41.8 Å². The molecule has 0 spiro atoms. The van der Waals surface area contributed by atoms with Crippen molar-refractivity contribution in [1.29, 1.82) is 0 Å². The van der Waals surface area contributed by atoms with Crippen LogP contribution in [0.4, 0.5) is 5.69 Å². The Balaban J connectivity index is 1.60. The summed E-state index contributed by atoms with van der Waals surface area (Å²) in [5.41, 5.74) is 6.85. The molecule has 2 heterocycles. The minimum absolute atomic E-state index is 0.117. The second-order valence-corrected chi connectivity index (χ2v) is 8.48. The minimum Gasteiger partial charge on any atom is -0.366 e. The molecule has 3 rings (SSSR count). The van der Waals surface area contributed by atoms with Crippen LogP contribution in [0.2, 0.25) is 0 Å². The summed E-state index contributed by atoms with van der Waals surface area (Å²) in [6, 6.07) is 10.3. The zero-order valence-corrected chi connectivity index (χ0v) is 18.3. The molecule has 0 saturated heterocycles. The molecule has 0 bridgehead atoms. The molecule has 30 heavy (non-hydrogen) atoms. The molecule has 9 heteroatoms. The van der Waals surface area contributed by atoms with E-state index >= 15 is 0 Å². The van der Waals surface area contributed by atoms with Gasteiger partial charge in [0.25, 0.3) is 5.91 Å². The van der Waals surface area contributed by atoms with E-state index in [0.717, 1.165) is 9.88 Å². The van der Waals surface area contributed by atoms with Gasteiger partial charge in [-0.05, 0) is 49.6 Å². The van der Waals surface area contributed by atoms with E-state index < -0.39 is 5.91 Å². The van der Waals surface area contributed by atoms with Crippen molar-refractivity contribution >= 4 is 46.1 Å². The first-order valence-corrected chi connectivity index (χ1v) is 11.1. The van der Waals surface area contributed by atoms with Gasteiger partial charge in [-0.25, -0.2) is 4.98 Å². The molecule has 0 fully saturated rings. The molecule has 2 aromatic heterocycles. The number of hydrogen-bond donors (Lipinski definition) is 2. The number of anilines is 1. The molecule has 0 aliphatic rings. The maximum Gasteiger partial charge on any atom is 0.265 e. The van der Waals surface area contributed by atoms with Crippen molar-refractivity contribution in [3.05, 3.63) is 57.9 Å². The highest BCUT2D eigenvalue weighted by molar-refractivity contribution is 7.22. The third-order valence-corrected chi connectivity index (χ3v) is 6.64. The lowest BCUT2D eigenvalue weighted by Crippen LogP contribution is -2.33. The zero-order chi connectivity index (χ0) is 21.7. The number of rotatable bonds is 8. The van der Waals surface area contributed by atoms with E-state index in [4.69, 9.17) is 5.73 Å². The highest BCUT2D eigenvalue weighted by atomic mass is 32.1. The van der Waals surface area contributed by atoms with Gasteiger partial charge in [0.1, 0.15) is 9.88 Å². The van der Waals surface area contributed by atoms with Gasteiger partial charge >= 0.3 is 0 Å². The van der Waals surface area contributed by atoms with Crippen LogP contribution in [-0.4, -0.2) is 40.7 Å². The summed E-state index contributed by atoms with van der Waals surface area (Å²) in [7, 11) is 0. The van der Waals surface area contributed by atoms with E-state index in [1.165, 1.54) is 11.3 Å². The van der Waals surface area contributed by atoms with E-state index in [1.54, 1.807) is 40.5 Å². The Morgan fingerprint density at radius 2 is 1.90 bits per heavy atom. The average Bonchev–Trinajstić information content (AvgIpc) is 3.38. The van der Waals surface area contributed by atoms with Gasteiger partial charge < -0.3 is 16.0 Å².